The summed E-state index contributed by atoms with van der Waals surface area (Å²) in [6, 6.07) is 3.20. The maximum atomic E-state index is 16.2. The first-order valence-corrected chi connectivity index (χ1v) is 40.8. The molecule has 0 unspecified atom stereocenters. The molecule has 0 amide bonds. The van der Waals surface area contributed by atoms with Gasteiger partial charge in [0.15, 0.2) is 200 Å². The molecule has 10 aromatic carbocycles. The standard InChI is InChI=1S/C88H66O58/c89-14-40-57(110)70(141-76(118)17-1-27(90)47(100)28(91)2-17)73(86(128)136-40)144-83(125)24-8-34(97)51(104)62(115)65(24)133-38-12-22-45(60(113)55(38)108)46-23-13-39(56(109)61(46)114)135-67-26(10-36(99)53(106)64(67)117)85(127)145-74-71(142-77(119)18-3-29(92)48(101)30(93)4-18)68-41(137-87(74)129)15-131-79(121)21-11-37(54(107)59(112)44(21)43-20(81(123)139-68)7-33(96)50(103)58(43)111)134-66-25(9-35(98)52(105)63(66)116)84(126)146-75-72(143-78(120)19-5-31(94)49(102)32(95)6-19)69(140-82(23)124)42(138-88(75)130)16-132-80(22)122/h1-13,40-42,57,68-75,86-117,128-130H,14-16H2/t40-,41-,42-,57-,68-,69-,70+,71+,72+,73-,74-,75-,86+,87+,88-/m1/s1. The van der Waals surface area contributed by atoms with Crippen LogP contribution in [0.25, 0.3) is 22.3 Å². The number of aromatic hydroxyl groups is 27. The highest BCUT2D eigenvalue weighted by Gasteiger charge is 2.58. The lowest BCUT2D eigenvalue weighted by Gasteiger charge is -2.42. The normalized spacial score (nSPS) is 22.2. The predicted molar refractivity (Wildman–Crippen MR) is 448 cm³/mol. The van der Waals surface area contributed by atoms with Crippen molar-refractivity contribution in [3.8, 4) is 212 Å². The molecule has 0 aromatic heterocycles. The molecule has 10 aromatic rings. The maximum Gasteiger partial charge on any atom is 0.342 e. The molecule has 7 aliphatic heterocycles. The molecule has 3 saturated heterocycles. The number of carbonyl (C=O) groups is 10. The van der Waals surface area contributed by atoms with Crippen molar-refractivity contribution in [1.29, 1.82) is 0 Å². The molecular formula is C88H66O58. The lowest BCUT2D eigenvalue weighted by Crippen LogP contribution is -2.62. The Hall–Kier alpha value is -19.4. The second-order valence-corrected chi connectivity index (χ2v) is 31.8. The smallest absolute Gasteiger partial charge is 0.342 e. The van der Waals surface area contributed by atoms with Crippen LogP contribution in [0.5, 0.6) is 190 Å². The molecule has 0 radical (unpaired) electrons. The van der Waals surface area contributed by atoms with Gasteiger partial charge in [0.25, 0.3) is 0 Å². The van der Waals surface area contributed by atoms with Crippen molar-refractivity contribution in [2.24, 2.45) is 0 Å². The summed E-state index contributed by atoms with van der Waals surface area (Å²) in [6.07, 6.45) is -41.5. The van der Waals surface area contributed by atoms with Crippen molar-refractivity contribution < 1.29 is 287 Å². The van der Waals surface area contributed by atoms with Crippen molar-refractivity contribution >= 4 is 59.7 Å². The van der Waals surface area contributed by atoms with Crippen molar-refractivity contribution in [2.75, 3.05) is 19.8 Å². The molecule has 17 rings (SSSR count). The average molecular weight is 2050 g/mol. The summed E-state index contributed by atoms with van der Waals surface area (Å²) in [5.74, 6) is -75.2. The van der Waals surface area contributed by atoms with Gasteiger partial charge < -0.3 is 239 Å². The average Bonchev–Trinajstić information content (AvgIpc) is 1.20. The number of esters is 10. The molecule has 0 aliphatic carbocycles. The number of benzene rings is 10. The number of fused-ring (bicyclic) bond motifs is 7. The zero-order valence-corrected chi connectivity index (χ0v) is 71.7. The van der Waals surface area contributed by atoms with E-state index in [0.717, 1.165) is 0 Å². The number of rotatable bonds is 11. The number of cyclic esters (lactones) is 1. The molecule has 0 spiro atoms. The Balaban J connectivity index is 0.902. The number of aliphatic hydroxyl groups excluding tert-OH is 5. The largest absolute Gasteiger partial charge is 0.504 e. The summed E-state index contributed by atoms with van der Waals surface area (Å²) in [7, 11) is 0. The predicted octanol–water partition coefficient (Wildman–Crippen LogP) is 1.31. The molecule has 58 nitrogen and oxygen atoms in total. The zero-order chi connectivity index (χ0) is 106. The molecule has 766 valence electrons. The van der Waals surface area contributed by atoms with E-state index < -0.39 is 439 Å². The Bertz CT molecular complexity index is 7190. The van der Waals surface area contributed by atoms with Gasteiger partial charge in [-0.1, -0.05) is 0 Å². The minimum Gasteiger partial charge on any atom is -0.504 e. The number of phenolic OH excluding ortho intramolecular Hbond substituents is 27. The third-order valence-electron chi connectivity index (χ3n) is 22.9. The van der Waals surface area contributed by atoms with Crippen LogP contribution >= 0.6 is 0 Å². The number of hydrogen-bond acceptors (Lipinski definition) is 58. The highest BCUT2D eigenvalue weighted by Crippen LogP contribution is 2.61. The van der Waals surface area contributed by atoms with Crippen LogP contribution in [0.3, 0.4) is 0 Å². The van der Waals surface area contributed by atoms with E-state index in [0.29, 0.717) is 36.4 Å². The van der Waals surface area contributed by atoms with E-state index in [2.05, 4.69) is 0 Å². The number of carbonyl (C=O) groups excluding carboxylic acids is 10. The fourth-order valence-corrected chi connectivity index (χ4v) is 15.7. The molecule has 146 heavy (non-hydrogen) atoms. The zero-order valence-electron chi connectivity index (χ0n) is 71.7. The van der Waals surface area contributed by atoms with Gasteiger partial charge in [-0.2, -0.15) is 0 Å². The summed E-state index contributed by atoms with van der Waals surface area (Å²) in [6.45, 7) is -4.57. The lowest BCUT2D eigenvalue weighted by atomic mass is 9.91. The monoisotopic (exact) mass is 2050 g/mol. The molecule has 7 heterocycles. The molecule has 32 N–H and O–H groups in total. The highest BCUT2D eigenvalue weighted by molar-refractivity contribution is 6.11. The van der Waals surface area contributed by atoms with E-state index in [4.69, 9.17) is 75.8 Å². The first-order chi connectivity index (χ1) is 68.8. The number of phenols is 27. The van der Waals surface area contributed by atoms with Gasteiger partial charge in [-0.15, -0.1) is 0 Å². The SMILES string of the molecule is O=C(O[C@@H]1[C@H]2OC(=O)c3cc(O)c(O)c(O)c3Oc3cc4c(c(O)c3O)-c3c(cc(O)c(O)c3O)C(=O)O[C@H]3[C@H](OC(=O)c5cc(O)c(O)c(O)c5)[C@@H](OC(=O)c5cc(O)c(O)c(O)c5Oc5cc6c(c(O)c5O)-c5c(cc(Oc7c(C(=O)O[C@@H]8[C@@H](OC(=O)c9cc(O)c(O)c(O)c9)[C@H](O)[C@@H](CO)O[C@@H]8O)cc(O)c(O)c7O)c(O)c5O)C(=O)OC[C@@H](O[C@H]2O)[C@H]1OC6=O)[C@@H](O)O[C@@H]3COC4=O)c1cc(O)c(O)c(O)c1. The van der Waals surface area contributed by atoms with Gasteiger partial charge in [0.1, 0.15) is 54.3 Å². The Morgan fingerprint density at radius 2 is 0.596 bits per heavy atom. The quantitative estimate of drug-likeness (QED) is 0.0493. The number of ether oxygens (including phenoxy) is 16. The molecule has 58 heteroatoms. The molecule has 9 bridgehead atoms. The Morgan fingerprint density at radius 3 is 0.993 bits per heavy atom. The first kappa shape index (κ1) is 99.6. The van der Waals surface area contributed by atoms with Gasteiger partial charge in [0, 0.05) is 58.7 Å². The third-order valence-corrected chi connectivity index (χ3v) is 22.9. The lowest BCUT2D eigenvalue weighted by molar-refractivity contribution is -0.285. The van der Waals surface area contributed by atoms with E-state index in [1.54, 1.807) is 0 Å². The second-order valence-electron chi connectivity index (χ2n) is 31.8. The fraction of sp³-hybridized carbons (Fsp3) is 0.205. The summed E-state index contributed by atoms with van der Waals surface area (Å²) in [5, 5.41) is 361. The maximum absolute atomic E-state index is 16.2. The molecule has 0 saturated carbocycles. The summed E-state index contributed by atoms with van der Waals surface area (Å²) in [4.78, 5) is 151. The van der Waals surface area contributed by atoms with Crippen LogP contribution in [0.4, 0.5) is 0 Å². The topological polar surface area (TPSA) is 966 Å². The molecule has 7 aliphatic rings. The van der Waals surface area contributed by atoms with Gasteiger partial charge in [-0.25, -0.2) is 47.9 Å². The first-order valence-electron chi connectivity index (χ1n) is 40.8. The van der Waals surface area contributed by atoms with Crippen molar-refractivity contribution in [3.63, 3.8) is 0 Å². The minimum absolute atomic E-state index is 0.0251. The van der Waals surface area contributed by atoms with Crippen LogP contribution in [-0.2, 0) is 61.6 Å². The van der Waals surface area contributed by atoms with Crippen LogP contribution in [0.1, 0.15) is 104 Å². The van der Waals surface area contributed by atoms with E-state index in [-0.39, 0.29) is 42.5 Å². The van der Waals surface area contributed by atoms with E-state index >= 15 is 28.8 Å². The van der Waals surface area contributed by atoms with Gasteiger partial charge in [-0.3, -0.25) is 0 Å². The van der Waals surface area contributed by atoms with Crippen LogP contribution in [0.2, 0.25) is 0 Å². The van der Waals surface area contributed by atoms with Gasteiger partial charge in [-0.05, 0) is 42.5 Å². The van der Waals surface area contributed by atoms with E-state index in [1.165, 1.54) is 0 Å². The Kier molecular flexibility index (Phi) is 25.4. The van der Waals surface area contributed by atoms with Crippen LogP contribution in [0.15, 0.2) is 78.9 Å². The molecule has 15 atom stereocenters. The van der Waals surface area contributed by atoms with Crippen LogP contribution < -0.4 is 14.2 Å². The fourth-order valence-electron chi connectivity index (χ4n) is 15.7. The van der Waals surface area contributed by atoms with Crippen LogP contribution in [0, 0.1) is 0 Å². The van der Waals surface area contributed by atoms with Crippen molar-refractivity contribution in [1.82, 2.24) is 0 Å². The van der Waals surface area contributed by atoms with E-state index in [1.807, 2.05) is 0 Å². The number of hydrogen-bond donors (Lipinski definition) is 32. The second kappa shape index (κ2) is 37.3. The highest BCUT2D eigenvalue weighted by atomic mass is 16.7. The molecule has 3 fully saturated rings. The summed E-state index contributed by atoms with van der Waals surface area (Å²) >= 11 is 0. The summed E-state index contributed by atoms with van der Waals surface area (Å²) in [5.41, 5.74) is -20.2. The van der Waals surface area contributed by atoms with Gasteiger partial charge >= 0.3 is 59.7 Å². The van der Waals surface area contributed by atoms with Crippen molar-refractivity contribution in [3.05, 3.63) is 134 Å². The van der Waals surface area contributed by atoms with Gasteiger partial charge in [0.05, 0.1) is 45.6 Å². The third kappa shape index (κ3) is 17.2. The van der Waals surface area contributed by atoms with Gasteiger partial charge in [0.2, 0.25) is 57.5 Å². The summed E-state index contributed by atoms with van der Waals surface area (Å²) < 4.78 is 89.8. The Labute approximate surface area is 802 Å². The van der Waals surface area contributed by atoms with Crippen LogP contribution in [-0.4, -0.2) is 335 Å². The number of aliphatic hydroxyl groups is 5. The molecular weight excluding hydrogens is 1980 g/mol. The van der Waals surface area contributed by atoms with Crippen molar-refractivity contribution in [2.45, 2.75) is 92.1 Å². The minimum atomic E-state index is -3.14. The van der Waals surface area contributed by atoms with E-state index in [9.17, 15) is 183 Å². The Morgan fingerprint density at radius 1 is 0.288 bits per heavy atom.